The van der Waals surface area contributed by atoms with E-state index in [1.54, 1.807) is 18.3 Å². The Kier molecular flexibility index (Phi) is 8.68. The van der Waals surface area contributed by atoms with E-state index in [1.165, 1.54) is 11.1 Å². The maximum absolute atomic E-state index is 12.4. The Balaban J connectivity index is 1.19. The maximum Gasteiger partial charge on any atom is 0.191 e. The molecule has 1 aliphatic heterocycles. The summed E-state index contributed by atoms with van der Waals surface area (Å²) in [6.07, 6.45) is 12.9. The fraction of sp³-hybridized carbons (Fsp3) is 0.344. The van der Waals surface area contributed by atoms with Gasteiger partial charge in [-0.25, -0.2) is 4.98 Å². The molecule has 7 nitrogen and oxygen atoms in total. The summed E-state index contributed by atoms with van der Waals surface area (Å²) in [5.41, 5.74) is 9.09. The summed E-state index contributed by atoms with van der Waals surface area (Å²) in [5.74, 6) is 1.22. The Bertz CT molecular complexity index is 1260. The van der Waals surface area contributed by atoms with E-state index in [0.717, 1.165) is 44.8 Å². The SMILES string of the molecule is C[C@@H](CN=C(N)N1CCC(n2ccnc2C2C=CC=CC2=O)CC1)N(Cc1ccccc1)Cc1ccccc1. The van der Waals surface area contributed by atoms with E-state index in [0.29, 0.717) is 18.5 Å². The third-order valence-corrected chi connectivity index (χ3v) is 7.74. The number of aliphatic imine (C=N–C) groups is 1. The molecule has 0 amide bonds. The van der Waals surface area contributed by atoms with Crippen LogP contribution in [0.1, 0.15) is 48.7 Å². The molecule has 1 fully saturated rings. The van der Waals surface area contributed by atoms with Crippen LogP contribution in [0.4, 0.5) is 0 Å². The molecule has 0 spiro atoms. The molecule has 0 saturated carbocycles. The number of hydrogen-bond acceptors (Lipinski definition) is 4. The van der Waals surface area contributed by atoms with Crippen molar-refractivity contribution in [2.45, 2.75) is 50.9 Å². The second-order valence-electron chi connectivity index (χ2n) is 10.5. The molecular formula is C32H38N6O. The van der Waals surface area contributed by atoms with Crippen molar-refractivity contribution >= 4 is 11.7 Å². The molecule has 2 N–H and O–H groups in total. The van der Waals surface area contributed by atoms with Crippen molar-refractivity contribution in [3.05, 3.63) is 114 Å². The minimum atomic E-state index is -0.300. The summed E-state index contributed by atoms with van der Waals surface area (Å²) in [7, 11) is 0. The Morgan fingerprint density at radius 2 is 1.67 bits per heavy atom. The standard InChI is InChI=1S/C32H38N6O/c1-25(37(23-26-10-4-2-5-11-26)24-27-12-6-3-7-13-27)22-35-32(33)36-19-16-28(17-20-36)38-21-18-34-31(38)29-14-8-9-15-30(29)39/h2-15,18,21,25,28-29H,16-17,19-20,22-24H2,1H3,(H2,33,35)/t25-,29?/m0/s1. The minimum Gasteiger partial charge on any atom is -0.370 e. The highest BCUT2D eigenvalue weighted by molar-refractivity contribution is 5.97. The quantitative estimate of drug-likeness (QED) is 0.325. The van der Waals surface area contributed by atoms with Crippen LogP contribution in [0.3, 0.4) is 0 Å². The number of carbonyl (C=O) groups excluding carboxylic acids is 1. The second kappa shape index (κ2) is 12.7. The van der Waals surface area contributed by atoms with Crippen LogP contribution < -0.4 is 5.73 Å². The molecule has 202 valence electrons. The number of nitrogens with zero attached hydrogens (tertiary/aromatic N) is 5. The third kappa shape index (κ3) is 6.73. The highest BCUT2D eigenvalue weighted by Crippen LogP contribution is 2.28. The first-order valence-corrected chi connectivity index (χ1v) is 13.9. The molecule has 1 unspecified atom stereocenters. The summed E-state index contributed by atoms with van der Waals surface area (Å²) >= 11 is 0. The smallest absolute Gasteiger partial charge is 0.191 e. The van der Waals surface area contributed by atoms with Gasteiger partial charge in [-0.3, -0.25) is 14.7 Å². The number of imidazole rings is 1. The van der Waals surface area contributed by atoms with E-state index in [9.17, 15) is 4.79 Å². The van der Waals surface area contributed by atoms with E-state index in [-0.39, 0.29) is 17.7 Å². The number of allylic oxidation sites excluding steroid dienone is 4. The van der Waals surface area contributed by atoms with Crippen molar-refractivity contribution in [2.75, 3.05) is 19.6 Å². The molecular weight excluding hydrogens is 484 g/mol. The summed E-state index contributed by atoms with van der Waals surface area (Å²) in [6, 6.07) is 21.7. The van der Waals surface area contributed by atoms with Gasteiger partial charge >= 0.3 is 0 Å². The fourth-order valence-electron chi connectivity index (χ4n) is 5.43. The maximum atomic E-state index is 12.4. The number of likely N-dealkylation sites (tertiary alicyclic amines) is 1. The first kappa shape index (κ1) is 26.6. The molecule has 2 atom stereocenters. The van der Waals surface area contributed by atoms with Crippen LogP contribution in [-0.4, -0.2) is 56.8 Å². The molecule has 7 heteroatoms. The van der Waals surface area contributed by atoms with Gasteiger partial charge in [-0.2, -0.15) is 0 Å². The zero-order chi connectivity index (χ0) is 27.0. The van der Waals surface area contributed by atoms with Crippen molar-refractivity contribution in [3.63, 3.8) is 0 Å². The molecule has 2 heterocycles. The fourth-order valence-corrected chi connectivity index (χ4v) is 5.43. The normalized spacial score (nSPS) is 19.1. The lowest BCUT2D eigenvalue weighted by molar-refractivity contribution is -0.115. The molecule has 1 aliphatic carbocycles. The molecule has 1 saturated heterocycles. The summed E-state index contributed by atoms with van der Waals surface area (Å²) in [6.45, 7) is 6.25. The summed E-state index contributed by atoms with van der Waals surface area (Å²) in [4.78, 5) is 26.4. The highest BCUT2D eigenvalue weighted by atomic mass is 16.1. The van der Waals surface area contributed by atoms with E-state index in [4.69, 9.17) is 10.7 Å². The lowest BCUT2D eigenvalue weighted by Gasteiger charge is -2.34. The van der Waals surface area contributed by atoms with Crippen LogP contribution >= 0.6 is 0 Å². The molecule has 0 bridgehead atoms. The molecule has 3 aromatic rings. The van der Waals surface area contributed by atoms with Crippen molar-refractivity contribution in [2.24, 2.45) is 10.7 Å². The number of carbonyl (C=O) groups is 1. The monoisotopic (exact) mass is 522 g/mol. The first-order chi connectivity index (χ1) is 19.1. The lowest BCUT2D eigenvalue weighted by atomic mass is 9.97. The third-order valence-electron chi connectivity index (χ3n) is 7.74. The number of ketones is 1. The van der Waals surface area contributed by atoms with Gasteiger partial charge in [0.25, 0.3) is 0 Å². The second-order valence-corrected chi connectivity index (χ2v) is 10.5. The molecule has 1 aromatic heterocycles. The van der Waals surface area contributed by atoms with Gasteiger partial charge in [0.05, 0.1) is 12.5 Å². The molecule has 2 aromatic carbocycles. The number of benzene rings is 2. The number of aromatic nitrogens is 2. The molecule has 2 aliphatic rings. The Labute approximate surface area is 231 Å². The molecule has 39 heavy (non-hydrogen) atoms. The Hall–Kier alpha value is -3.97. The predicted octanol–water partition coefficient (Wildman–Crippen LogP) is 4.70. The van der Waals surface area contributed by atoms with Gasteiger partial charge in [0.2, 0.25) is 0 Å². The Morgan fingerprint density at radius 1 is 1.03 bits per heavy atom. The van der Waals surface area contributed by atoms with E-state index in [2.05, 4.69) is 86.9 Å². The van der Waals surface area contributed by atoms with Crippen molar-refractivity contribution in [1.82, 2.24) is 19.4 Å². The van der Waals surface area contributed by atoms with Crippen LogP contribution in [0.2, 0.25) is 0 Å². The van der Waals surface area contributed by atoms with Gasteiger partial charge in [-0.15, -0.1) is 0 Å². The van der Waals surface area contributed by atoms with Crippen LogP contribution in [0.15, 0.2) is 102 Å². The summed E-state index contributed by atoms with van der Waals surface area (Å²) in [5, 5.41) is 0. The number of rotatable bonds is 9. The van der Waals surface area contributed by atoms with E-state index >= 15 is 0 Å². The Morgan fingerprint density at radius 3 is 2.28 bits per heavy atom. The zero-order valence-electron chi connectivity index (χ0n) is 22.6. The van der Waals surface area contributed by atoms with Gasteiger partial charge in [-0.1, -0.05) is 78.9 Å². The number of hydrogen-bond donors (Lipinski definition) is 1. The van der Waals surface area contributed by atoms with Crippen LogP contribution in [0, 0.1) is 0 Å². The summed E-state index contributed by atoms with van der Waals surface area (Å²) < 4.78 is 2.18. The average Bonchev–Trinajstić information content (AvgIpc) is 3.46. The van der Waals surface area contributed by atoms with Gasteiger partial charge < -0.3 is 15.2 Å². The van der Waals surface area contributed by atoms with Gasteiger partial charge in [0, 0.05) is 50.7 Å². The van der Waals surface area contributed by atoms with Crippen LogP contribution in [0.25, 0.3) is 0 Å². The van der Waals surface area contributed by atoms with Crippen molar-refractivity contribution in [1.29, 1.82) is 0 Å². The van der Waals surface area contributed by atoms with Gasteiger partial charge in [-0.05, 0) is 37.0 Å². The number of piperidine rings is 1. The van der Waals surface area contributed by atoms with Crippen LogP contribution in [0.5, 0.6) is 0 Å². The predicted molar refractivity (Wildman–Crippen MR) is 156 cm³/mol. The van der Waals surface area contributed by atoms with Gasteiger partial charge in [0.15, 0.2) is 11.7 Å². The minimum absolute atomic E-state index is 0.0847. The number of nitrogens with two attached hydrogens (primary N) is 1. The topological polar surface area (TPSA) is 79.7 Å². The van der Waals surface area contributed by atoms with Crippen LogP contribution in [-0.2, 0) is 17.9 Å². The highest BCUT2D eigenvalue weighted by Gasteiger charge is 2.28. The van der Waals surface area contributed by atoms with E-state index in [1.807, 2.05) is 18.3 Å². The lowest BCUT2D eigenvalue weighted by Crippen LogP contribution is -2.44. The molecule has 5 rings (SSSR count). The van der Waals surface area contributed by atoms with E-state index < -0.39 is 0 Å². The van der Waals surface area contributed by atoms with Gasteiger partial charge in [0.1, 0.15) is 5.82 Å². The number of guanidine groups is 1. The molecule has 0 radical (unpaired) electrons. The first-order valence-electron chi connectivity index (χ1n) is 13.9. The average molecular weight is 523 g/mol. The largest absolute Gasteiger partial charge is 0.370 e. The zero-order valence-corrected chi connectivity index (χ0v) is 22.6. The van der Waals surface area contributed by atoms with Crippen molar-refractivity contribution in [3.8, 4) is 0 Å². The van der Waals surface area contributed by atoms with Crippen molar-refractivity contribution < 1.29 is 4.79 Å².